The van der Waals surface area contributed by atoms with Crippen LogP contribution in [0.2, 0.25) is 0 Å². The lowest BCUT2D eigenvalue weighted by molar-refractivity contribution is -0.137. The van der Waals surface area contributed by atoms with E-state index in [-0.39, 0.29) is 35.8 Å². The minimum Gasteiger partial charge on any atom is -0.496 e. The molecule has 0 radical (unpaired) electrons. The van der Waals surface area contributed by atoms with Crippen molar-refractivity contribution in [1.29, 1.82) is 0 Å². The first-order chi connectivity index (χ1) is 14.7. The van der Waals surface area contributed by atoms with Crippen LogP contribution in [0.5, 0.6) is 11.5 Å². The summed E-state index contributed by atoms with van der Waals surface area (Å²) in [6.07, 6.45) is -4.46. The zero-order chi connectivity index (χ0) is 22.6. The average molecular weight is 434 g/mol. The number of aromatic nitrogens is 1. The molecule has 0 aliphatic heterocycles. The second kappa shape index (κ2) is 9.11. The number of alkyl halides is 3. The fraction of sp³-hybridized carbons (Fsp3) is 0.273. The van der Waals surface area contributed by atoms with Crippen molar-refractivity contribution in [3.05, 3.63) is 77.2 Å². The van der Waals surface area contributed by atoms with Crippen LogP contribution in [0.3, 0.4) is 0 Å². The fourth-order valence-electron chi connectivity index (χ4n) is 2.98. The van der Waals surface area contributed by atoms with Crippen LogP contribution in [0.1, 0.15) is 40.3 Å². The van der Waals surface area contributed by atoms with Gasteiger partial charge in [-0.15, -0.1) is 0 Å². The Morgan fingerprint density at radius 3 is 2.61 bits per heavy atom. The number of para-hydroxylation sites is 1. The summed E-state index contributed by atoms with van der Waals surface area (Å²) in [5, 5.41) is 3.77. The second-order valence-corrected chi connectivity index (χ2v) is 6.83. The third-order valence-electron chi connectivity index (χ3n) is 4.81. The average Bonchev–Trinajstić information content (AvgIpc) is 3.25. The number of nitrogens with zero attached hydrogens (tertiary/aromatic N) is 2. The van der Waals surface area contributed by atoms with E-state index in [2.05, 4.69) is 5.16 Å². The summed E-state index contributed by atoms with van der Waals surface area (Å²) >= 11 is 0. The van der Waals surface area contributed by atoms with Gasteiger partial charge in [-0.25, -0.2) is 0 Å². The van der Waals surface area contributed by atoms with Crippen molar-refractivity contribution in [1.82, 2.24) is 10.1 Å². The van der Waals surface area contributed by atoms with E-state index in [9.17, 15) is 18.0 Å². The molecule has 0 bridgehead atoms. The van der Waals surface area contributed by atoms with Crippen molar-refractivity contribution in [3.8, 4) is 11.5 Å². The van der Waals surface area contributed by atoms with Crippen molar-refractivity contribution >= 4 is 5.91 Å². The SMILES string of the molecule is COc1ccccc1[C@@H](C)N(C)C(=O)c1cc(COc2cccc(C(F)(F)F)c2)on1. The molecule has 9 heteroatoms. The van der Waals surface area contributed by atoms with Gasteiger partial charge in [0.1, 0.15) is 18.1 Å². The molecule has 3 aromatic rings. The number of benzene rings is 2. The normalized spacial score (nSPS) is 12.3. The predicted octanol–water partition coefficient (Wildman–Crippen LogP) is 5.11. The molecule has 1 atom stereocenters. The second-order valence-electron chi connectivity index (χ2n) is 6.83. The molecule has 1 aromatic heterocycles. The molecule has 0 aliphatic rings. The summed E-state index contributed by atoms with van der Waals surface area (Å²) in [6, 6.07) is 13.0. The number of hydrogen-bond acceptors (Lipinski definition) is 5. The highest BCUT2D eigenvalue weighted by atomic mass is 19.4. The lowest BCUT2D eigenvalue weighted by Crippen LogP contribution is -2.30. The van der Waals surface area contributed by atoms with Gasteiger partial charge < -0.3 is 18.9 Å². The molecule has 0 saturated heterocycles. The van der Waals surface area contributed by atoms with E-state index in [0.717, 1.165) is 17.7 Å². The van der Waals surface area contributed by atoms with E-state index in [4.69, 9.17) is 14.0 Å². The van der Waals surface area contributed by atoms with Crippen molar-refractivity contribution in [2.45, 2.75) is 25.7 Å². The van der Waals surface area contributed by atoms with E-state index >= 15 is 0 Å². The van der Waals surface area contributed by atoms with Gasteiger partial charge in [0.05, 0.1) is 18.7 Å². The Morgan fingerprint density at radius 2 is 1.90 bits per heavy atom. The molecule has 0 unspecified atom stereocenters. The molecule has 1 amide bonds. The Kier molecular flexibility index (Phi) is 6.53. The molecular formula is C22H21F3N2O4. The largest absolute Gasteiger partial charge is 0.496 e. The van der Waals surface area contributed by atoms with E-state index < -0.39 is 11.7 Å². The number of hydrogen-bond donors (Lipinski definition) is 0. The van der Waals surface area contributed by atoms with Crippen molar-refractivity contribution < 1.29 is 32.0 Å². The molecular weight excluding hydrogens is 413 g/mol. The van der Waals surface area contributed by atoms with Gasteiger partial charge >= 0.3 is 6.18 Å². The maximum Gasteiger partial charge on any atom is 0.416 e. The van der Waals surface area contributed by atoms with Gasteiger partial charge in [0.25, 0.3) is 5.91 Å². The third kappa shape index (κ3) is 5.17. The maximum absolute atomic E-state index is 12.8. The van der Waals surface area contributed by atoms with E-state index in [0.29, 0.717) is 5.75 Å². The van der Waals surface area contributed by atoms with E-state index in [1.54, 1.807) is 14.2 Å². The van der Waals surface area contributed by atoms with Crippen LogP contribution >= 0.6 is 0 Å². The highest BCUT2D eigenvalue weighted by Gasteiger charge is 2.30. The molecule has 164 valence electrons. The molecule has 31 heavy (non-hydrogen) atoms. The molecule has 6 nitrogen and oxygen atoms in total. The topological polar surface area (TPSA) is 64.8 Å². The molecule has 1 heterocycles. The highest BCUT2D eigenvalue weighted by Crippen LogP contribution is 2.32. The lowest BCUT2D eigenvalue weighted by atomic mass is 10.1. The van der Waals surface area contributed by atoms with Gasteiger partial charge in [0.15, 0.2) is 11.5 Å². The molecule has 0 N–H and O–H groups in total. The van der Waals surface area contributed by atoms with Gasteiger partial charge in [0, 0.05) is 18.7 Å². The number of rotatable bonds is 7. The Balaban J connectivity index is 1.67. The summed E-state index contributed by atoms with van der Waals surface area (Å²) in [5.41, 5.74) is 0.0785. The van der Waals surface area contributed by atoms with Crippen LogP contribution in [0, 0.1) is 0 Å². The van der Waals surface area contributed by atoms with Crippen LogP contribution in [-0.4, -0.2) is 30.1 Å². The van der Waals surface area contributed by atoms with Gasteiger partial charge in [-0.2, -0.15) is 13.2 Å². The van der Waals surface area contributed by atoms with Gasteiger partial charge in [0.2, 0.25) is 0 Å². The highest BCUT2D eigenvalue weighted by molar-refractivity contribution is 5.92. The number of amides is 1. The van der Waals surface area contributed by atoms with Gasteiger partial charge in [-0.1, -0.05) is 29.4 Å². The first kappa shape index (κ1) is 22.2. The van der Waals surface area contributed by atoms with Gasteiger partial charge in [-0.05, 0) is 31.2 Å². The number of halogens is 3. The standard InChI is InChI=1S/C22H21F3N2O4/c1-14(18-9-4-5-10-20(18)29-3)27(2)21(28)19-12-17(31-26-19)13-30-16-8-6-7-15(11-16)22(23,24)25/h4-12,14H,13H2,1-3H3/t14-/m1/s1. The Morgan fingerprint density at radius 1 is 1.16 bits per heavy atom. The monoisotopic (exact) mass is 434 g/mol. The lowest BCUT2D eigenvalue weighted by Gasteiger charge is -2.25. The number of methoxy groups -OCH3 is 1. The molecule has 0 fully saturated rings. The Labute approximate surface area is 177 Å². The third-order valence-corrected chi connectivity index (χ3v) is 4.81. The maximum atomic E-state index is 12.8. The zero-order valence-corrected chi connectivity index (χ0v) is 17.1. The summed E-state index contributed by atoms with van der Waals surface area (Å²) in [5.74, 6) is 0.512. The molecule has 0 spiro atoms. The molecule has 3 rings (SSSR count). The van der Waals surface area contributed by atoms with Crippen LogP contribution in [-0.2, 0) is 12.8 Å². The number of carbonyl (C=O) groups excluding carboxylic acids is 1. The summed E-state index contributed by atoms with van der Waals surface area (Å²) in [4.78, 5) is 14.3. The van der Waals surface area contributed by atoms with Gasteiger partial charge in [-0.3, -0.25) is 4.79 Å². The summed E-state index contributed by atoms with van der Waals surface area (Å²) in [6.45, 7) is 1.68. The van der Waals surface area contributed by atoms with Crippen LogP contribution in [0.4, 0.5) is 13.2 Å². The quantitative estimate of drug-likeness (QED) is 0.517. The molecule has 0 aliphatic carbocycles. The van der Waals surface area contributed by atoms with Crippen molar-refractivity contribution in [3.63, 3.8) is 0 Å². The minimum absolute atomic E-state index is 0.0287. The molecule has 0 saturated carbocycles. The molecule has 2 aromatic carbocycles. The smallest absolute Gasteiger partial charge is 0.416 e. The first-order valence-corrected chi connectivity index (χ1v) is 9.36. The predicted molar refractivity (Wildman–Crippen MR) is 106 cm³/mol. The minimum atomic E-state index is -4.46. The zero-order valence-electron chi connectivity index (χ0n) is 17.1. The number of ether oxygens (including phenoxy) is 2. The first-order valence-electron chi connectivity index (χ1n) is 9.36. The van der Waals surface area contributed by atoms with E-state index in [1.165, 1.54) is 23.1 Å². The van der Waals surface area contributed by atoms with Crippen molar-refractivity contribution in [2.75, 3.05) is 14.2 Å². The fourth-order valence-corrected chi connectivity index (χ4v) is 2.98. The Hall–Kier alpha value is -3.49. The Bertz CT molecular complexity index is 1050. The van der Waals surface area contributed by atoms with Crippen LogP contribution in [0.15, 0.2) is 59.1 Å². The van der Waals surface area contributed by atoms with E-state index in [1.807, 2.05) is 31.2 Å². The summed E-state index contributed by atoms with van der Waals surface area (Å²) in [7, 11) is 3.19. The summed E-state index contributed by atoms with van der Waals surface area (Å²) < 4.78 is 54.2. The van der Waals surface area contributed by atoms with Crippen LogP contribution < -0.4 is 9.47 Å². The van der Waals surface area contributed by atoms with Crippen LogP contribution in [0.25, 0.3) is 0 Å². The number of carbonyl (C=O) groups is 1. The van der Waals surface area contributed by atoms with Crippen molar-refractivity contribution in [2.24, 2.45) is 0 Å².